The van der Waals surface area contributed by atoms with Crippen LogP contribution in [0.2, 0.25) is 0 Å². The van der Waals surface area contributed by atoms with Crippen LogP contribution in [0.1, 0.15) is 18.4 Å². The van der Waals surface area contributed by atoms with Crippen molar-refractivity contribution in [3.63, 3.8) is 0 Å². The fourth-order valence-electron chi connectivity index (χ4n) is 1.90. The zero-order chi connectivity index (χ0) is 17.4. The second-order valence-electron chi connectivity index (χ2n) is 5.49. The first kappa shape index (κ1) is 18.2. The van der Waals surface area contributed by atoms with Gasteiger partial charge in [-0.3, -0.25) is 15.0 Å². The van der Waals surface area contributed by atoms with Gasteiger partial charge in [-0.1, -0.05) is 12.6 Å². The van der Waals surface area contributed by atoms with E-state index in [4.69, 9.17) is 0 Å². The zero-order valence-electron chi connectivity index (χ0n) is 14.0. The van der Waals surface area contributed by atoms with Gasteiger partial charge in [-0.05, 0) is 40.4 Å². The zero-order valence-corrected chi connectivity index (χ0v) is 15.6. The van der Waals surface area contributed by atoms with Gasteiger partial charge in [-0.25, -0.2) is 0 Å². The van der Waals surface area contributed by atoms with Crippen LogP contribution in [0.25, 0.3) is 0 Å². The van der Waals surface area contributed by atoms with Gasteiger partial charge in [-0.2, -0.15) is 5.10 Å². The molecule has 0 bridgehead atoms. The van der Waals surface area contributed by atoms with Crippen molar-refractivity contribution in [1.82, 2.24) is 20.6 Å². The van der Waals surface area contributed by atoms with Gasteiger partial charge in [0.2, 0.25) is 0 Å². The number of aliphatic imine (C=N–C) groups is 1. The fourth-order valence-corrected chi connectivity index (χ4v) is 1.99. The predicted molar refractivity (Wildman–Crippen MR) is 103 cm³/mol. The van der Waals surface area contributed by atoms with Crippen LogP contribution in [0.5, 0.6) is 0 Å². The van der Waals surface area contributed by atoms with E-state index >= 15 is 0 Å². The number of pyridine rings is 1. The van der Waals surface area contributed by atoms with Crippen molar-refractivity contribution in [2.24, 2.45) is 10.1 Å². The van der Waals surface area contributed by atoms with Gasteiger partial charge in [0.05, 0.1) is 6.21 Å². The number of hydrogen-bond acceptors (Lipinski definition) is 5. The van der Waals surface area contributed by atoms with Crippen molar-refractivity contribution in [2.75, 3.05) is 14.1 Å². The molecule has 0 spiro atoms. The van der Waals surface area contributed by atoms with E-state index in [0.29, 0.717) is 17.1 Å². The quantitative estimate of drug-likeness (QED) is 0.406. The average molecular weight is 391 g/mol. The van der Waals surface area contributed by atoms with Crippen molar-refractivity contribution >= 4 is 28.0 Å². The number of hydrazone groups is 1. The largest absolute Gasteiger partial charge is 0.368 e. The second-order valence-corrected chi connectivity index (χ2v) is 6.51. The molecular formula is C17H23BrN6. The smallest absolute Gasteiger partial charge is 0.126 e. The molecule has 0 saturated heterocycles. The molecule has 2 rings (SSSR count). The molecule has 0 aliphatic heterocycles. The van der Waals surface area contributed by atoms with Crippen LogP contribution < -0.4 is 10.6 Å². The van der Waals surface area contributed by atoms with Crippen LogP contribution in [0.3, 0.4) is 0 Å². The minimum Gasteiger partial charge on any atom is -0.368 e. The molecular weight excluding hydrogens is 368 g/mol. The number of hydrogen-bond donors (Lipinski definition) is 2. The SMILES string of the molecule is C=C(Br)/C=N\N(C)/C(=C\C(=N/C)NC1CC1)NCc1cccnc1. The number of nitrogens with zero attached hydrogens (tertiary/aromatic N) is 4. The van der Waals surface area contributed by atoms with Crippen LogP contribution in [0, 0.1) is 0 Å². The van der Waals surface area contributed by atoms with Crippen LogP contribution in [0.15, 0.2) is 57.6 Å². The molecule has 1 aromatic rings. The molecule has 24 heavy (non-hydrogen) atoms. The molecule has 7 heteroatoms. The molecule has 6 nitrogen and oxygen atoms in total. The standard InChI is InChI=1S/C17H23BrN6/c1-13(18)10-22-24(3)17(9-16(19-2)23-15-6-7-15)21-12-14-5-4-8-20-11-14/h4-5,8-11,15,21H,1,6-7,12H2,2-3H3,(H,19,23)/b17-9-,22-10-. The highest BCUT2D eigenvalue weighted by atomic mass is 79.9. The van der Waals surface area contributed by atoms with Gasteiger partial charge in [-0.15, -0.1) is 0 Å². The van der Waals surface area contributed by atoms with Crippen molar-refractivity contribution in [2.45, 2.75) is 25.4 Å². The number of halogens is 1. The topological polar surface area (TPSA) is 64.9 Å². The molecule has 1 fully saturated rings. The summed E-state index contributed by atoms with van der Waals surface area (Å²) in [7, 11) is 3.66. The van der Waals surface area contributed by atoms with Gasteiger partial charge >= 0.3 is 0 Å². The van der Waals surface area contributed by atoms with E-state index in [1.807, 2.05) is 31.5 Å². The lowest BCUT2D eigenvalue weighted by molar-refractivity contribution is 0.407. The monoisotopic (exact) mass is 390 g/mol. The number of amidine groups is 1. The van der Waals surface area contributed by atoms with Crippen LogP contribution >= 0.6 is 15.9 Å². The summed E-state index contributed by atoms with van der Waals surface area (Å²) in [5.74, 6) is 1.67. The maximum Gasteiger partial charge on any atom is 0.126 e. The van der Waals surface area contributed by atoms with E-state index in [0.717, 1.165) is 17.2 Å². The lowest BCUT2D eigenvalue weighted by atomic mass is 10.3. The summed E-state index contributed by atoms with van der Waals surface area (Å²) >= 11 is 3.28. The molecule has 0 amide bonds. The average Bonchev–Trinajstić information content (AvgIpc) is 3.40. The van der Waals surface area contributed by atoms with E-state index in [9.17, 15) is 0 Å². The summed E-state index contributed by atoms with van der Waals surface area (Å²) in [4.78, 5) is 8.45. The highest BCUT2D eigenvalue weighted by Crippen LogP contribution is 2.18. The lowest BCUT2D eigenvalue weighted by Crippen LogP contribution is -2.30. The Morgan fingerprint density at radius 3 is 2.92 bits per heavy atom. The third kappa shape index (κ3) is 6.54. The molecule has 1 aliphatic carbocycles. The van der Waals surface area contributed by atoms with E-state index < -0.39 is 0 Å². The molecule has 1 heterocycles. The molecule has 1 aromatic heterocycles. The normalized spacial score (nSPS) is 15.5. The highest BCUT2D eigenvalue weighted by molar-refractivity contribution is 9.12. The van der Waals surface area contributed by atoms with E-state index in [-0.39, 0.29) is 0 Å². The summed E-state index contributed by atoms with van der Waals surface area (Å²) in [5.41, 5.74) is 1.09. The van der Waals surface area contributed by atoms with Crippen LogP contribution in [-0.2, 0) is 6.54 Å². The van der Waals surface area contributed by atoms with Crippen LogP contribution in [-0.4, -0.2) is 42.2 Å². The number of rotatable bonds is 8. The molecule has 2 N–H and O–H groups in total. The summed E-state index contributed by atoms with van der Waals surface area (Å²) in [6.45, 7) is 4.41. The minimum atomic E-state index is 0.538. The predicted octanol–water partition coefficient (Wildman–Crippen LogP) is 2.62. The van der Waals surface area contributed by atoms with Gasteiger partial charge in [0.15, 0.2) is 0 Å². The van der Waals surface area contributed by atoms with Gasteiger partial charge in [0.1, 0.15) is 11.7 Å². The first-order valence-electron chi connectivity index (χ1n) is 7.78. The van der Waals surface area contributed by atoms with E-state index in [2.05, 4.69) is 48.2 Å². The Morgan fingerprint density at radius 1 is 1.54 bits per heavy atom. The fraction of sp³-hybridized carbons (Fsp3) is 0.353. The van der Waals surface area contributed by atoms with Gasteiger partial charge in [0, 0.05) is 49.6 Å². The Hall–Kier alpha value is -2.15. The highest BCUT2D eigenvalue weighted by Gasteiger charge is 2.21. The van der Waals surface area contributed by atoms with Crippen LogP contribution in [0.4, 0.5) is 0 Å². The Balaban J connectivity index is 2.11. The first-order chi connectivity index (χ1) is 11.6. The van der Waals surface area contributed by atoms with Gasteiger partial charge in [0.25, 0.3) is 0 Å². The lowest BCUT2D eigenvalue weighted by Gasteiger charge is -2.20. The Labute approximate surface area is 151 Å². The molecule has 0 unspecified atom stereocenters. The number of allylic oxidation sites excluding steroid dienone is 1. The minimum absolute atomic E-state index is 0.538. The summed E-state index contributed by atoms with van der Waals surface area (Å²) in [6.07, 6.45) is 9.61. The van der Waals surface area contributed by atoms with E-state index in [1.54, 1.807) is 24.5 Å². The molecule has 0 atom stereocenters. The summed E-state index contributed by atoms with van der Waals surface area (Å²) < 4.78 is 0.710. The van der Waals surface area contributed by atoms with Crippen molar-refractivity contribution in [3.8, 4) is 0 Å². The second kappa shape index (κ2) is 9.22. The van der Waals surface area contributed by atoms with Crippen molar-refractivity contribution < 1.29 is 0 Å². The Kier molecular flexibility index (Phi) is 6.99. The third-order valence-electron chi connectivity index (χ3n) is 3.36. The first-order valence-corrected chi connectivity index (χ1v) is 8.57. The number of nitrogens with one attached hydrogen (secondary N) is 2. The Bertz CT molecular complexity index is 634. The Morgan fingerprint density at radius 2 is 2.33 bits per heavy atom. The molecule has 128 valence electrons. The van der Waals surface area contributed by atoms with Crippen molar-refractivity contribution in [1.29, 1.82) is 0 Å². The maximum absolute atomic E-state index is 4.35. The molecule has 1 aliphatic rings. The van der Waals surface area contributed by atoms with E-state index in [1.165, 1.54) is 12.8 Å². The molecule has 0 radical (unpaired) electrons. The maximum atomic E-state index is 4.35. The summed E-state index contributed by atoms with van der Waals surface area (Å²) in [5, 5.41) is 12.9. The third-order valence-corrected chi connectivity index (χ3v) is 3.56. The molecule has 1 saturated carbocycles. The molecule has 0 aromatic carbocycles. The summed E-state index contributed by atoms with van der Waals surface area (Å²) in [6, 6.07) is 4.49. The number of aromatic nitrogens is 1. The van der Waals surface area contributed by atoms with Crippen molar-refractivity contribution in [3.05, 3.63) is 53.0 Å². The van der Waals surface area contributed by atoms with Gasteiger partial charge < -0.3 is 10.6 Å².